The Morgan fingerprint density at radius 2 is 2.05 bits per heavy atom. The van der Waals surface area contributed by atoms with Crippen molar-refractivity contribution in [2.75, 3.05) is 20.2 Å². The van der Waals surface area contributed by atoms with Crippen molar-refractivity contribution in [3.05, 3.63) is 29.8 Å². The average Bonchev–Trinajstić information content (AvgIpc) is 2.72. The van der Waals surface area contributed by atoms with E-state index in [4.69, 9.17) is 0 Å². The number of ether oxygens (including phenoxy) is 1. The van der Waals surface area contributed by atoms with Crippen LogP contribution in [-0.2, 0) is 19.6 Å². The van der Waals surface area contributed by atoms with Gasteiger partial charge in [-0.25, -0.2) is 0 Å². The summed E-state index contributed by atoms with van der Waals surface area (Å²) in [5.74, 6) is 0.0604. The first-order valence-corrected chi connectivity index (χ1v) is 7.69. The van der Waals surface area contributed by atoms with Crippen LogP contribution in [0.4, 0.5) is 0 Å². The van der Waals surface area contributed by atoms with E-state index >= 15 is 0 Å². The summed E-state index contributed by atoms with van der Waals surface area (Å²) in [5, 5.41) is 0. The number of hydrogen-bond acceptors (Lipinski definition) is 5. The van der Waals surface area contributed by atoms with Crippen LogP contribution in [0.3, 0.4) is 0 Å². The molecule has 0 saturated heterocycles. The van der Waals surface area contributed by atoms with Gasteiger partial charge in [-0.2, -0.15) is 8.42 Å². The number of carbonyl (C=O) groups is 1. The molecule has 0 unspecified atom stereocenters. The molecule has 0 saturated carbocycles. The Morgan fingerprint density at radius 1 is 1.35 bits per heavy atom. The van der Waals surface area contributed by atoms with Gasteiger partial charge in [0.2, 0.25) is 0 Å². The Hall–Kier alpha value is -1.89. The SMILES string of the molecule is CCN(CCC(=O)OC)C1=NS(=O)(=O)c2ccccc21. The summed E-state index contributed by atoms with van der Waals surface area (Å²) in [6.07, 6.45) is 0.186. The number of esters is 1. The number of sulfonamides is 1. The lowest BCUT2D eigenvalue weighted by atomic mass is 10.2. The van der Waals surface area contributed by atoms with Gasteiger partial charge in [0.15, 0.2) is 5.84 Å². The first-order valence-electron chi connectivity index (χ1n) is 6.25. The summed E-state index contributed by atoms with van der Waals surface area (Å²) >= 11 is 0. The Kier molecular flexibility index (Phi) is 4.08. The van der Waals surface area contributed by atoms with Crippen molar-refractivity contribution in [1.29, 1.82) is 0 Å². The number of amidine groups is 1. The molecule has 0 fully saturated rings. The molecule has 1 aromatic carbocycles. The van der Waals surface area contributed by atoms with Crippen molar-refractivity contribution in [3.63, 3.8) is 0 Å². The largest absolute Gasteiger partial charge is 0.469 e. The predicted octanol–water partition coefficient (Wildman–Crippen LogP) is 1.02. The molecule has 7 heteroatoms. The third-order valence-corrected chi connectivity index (χ3v) is 4.43. The fraction of sp³-hybridized carbons (Fsp3) is 0.385. The van der Waals surface area contributed by atoms with E-state index in [0.29, 0.717) is 24.5 Å². The lowest BCUT2D eigenvalue weighted by Crippen LogP contribution is -2.32. The molecule has 0 aromatic heterocycles. The Balaban J connectivity index is 2.30. The third-order valence-electron chi connectivity index (χ3n) is 3.11. The molecule has 0 amide bonds. The molecule has 1 heterocycles. The van der Waals surface area contributed by atoms with Gasteiger partial charge in [-0.3, -0.25) is 4.79 Å². The Bertz CT molecular complexity index is 652. The van der Waals surface area contributed by atoms with E-state index in [2.05, 4.69) is 9.13 Å². The summed E-state index contributed by atoms with van der Waals surface area (Å²) in [4.78, 5) is 13.2. The maximum Gasteiger partial charge on any atom is 0.307 e. The fourth-order valence-electron chi connectivity index (χ4n) is 2.06. The lowest BCUT2D eigenvalue weighted by molar-refractivity contribution is -0.140. The van der Waals surface area contributed by atoms with Crippen molar-refractivity contribution in [2.45, 2.75) is 18.2 Å². The molecule has 0 aliphatic carbocycles. The molecule has 0 radical (unpaired) electrons. The topological polar surface area (TPSA) is 76.0 Å². The minimum Gasteiger partial charge on any atom is -0.469 e. The van der Waals surface area contributed by atoms with E-state index < -0.39 is 10.0 Å². The second-order valence-corrected chi connectivity index (χ2v) is 5.86. The van der Waals surface area contributed by atoms with Gasteiger partial charge >= 0.3 is 5.97 Å². The molecule has 108 valence electrons. The molecule has 1 aromatic rings. The van der Waals surface area contributed by atoms with Crippen molar-refractivity contribution in [1.82, 2.24) is 4.90 Å². The highest BCUT2D eigenvalue weighted by atomic mass is 32.2. The van der Waals surface area contributed by atoms with Crippen LogP contribution in [0, 0.1) is 0 Å². The fourth-order valence-corrected chi connectivity index (χ4v) is 3.29. The van der Waals surface area contributed by atoms with Gasteiger partial charge in [-0.15, -0.1) is 4.40 Å². The molecule has 6 nitrogen and oxygen atoms in total. The van der Waals surface area contributed by atoms with Gasteiger partial charge in [0.25, 0.3) is 10.0 Å². The van der Waals surface area contributed by atoms with E-state index in [-0.39, 0.29) is 17.3 Å². The first kappa shape index (κ1) is 14.5. The van der Waals surface area contributed by atoms with Gasteiger partial charge in [0.1, 0.15) is 4.90 Å². The number of nitrogens with zero attached hydrogens (tertiary/aromatic N) is 2. The molecule has 2 rings (SSSR count). The van der Waals surface area contributed by atoms with Gasteiger partial charge in [-0.05, 0) is 19.1 Å². The standard InChI is InChI=1S/C13H16N2O4S/c1-3-15(9-8-12(16)19-2)13-10-6-4-5-7-11(10)20(17,18)14-13/h4-7H,3,8-9H2,1-2H3. The average molecular weight is 296 g/mol. The number of carbonyl (C=O) groups excluding carboxylic acids is 1. The summed E-state index contributed by atoms with van der Waals surface area (Å²) in [6.45, 7) is 2.80. The quantitative estimate of drug-likeness (QED) is 0.775. The second kappa shape index (κ2) is 5.62. The zero-order chi connectivity index (χ0) is 14.8. The van der Waals surface area contributed by atoms with E-state index in [1.165, 1.54) is 13.2 Å². The number of fused-ring (bicyclic) bond motifs is 1. The molecule has 0 N–H and O–H groups in total. The smallest absolute Gasteiger partial charge is 0.307 e. The number of rotatable bonds is 4. The highest BCUT2D eigenvalue weighted by Crippen LogP contribution is 2.27. The number of benzene rings is 1. The Morgan fingerprint density at radius 3 is 2.70 bits per heavy atom. The van der Waals surface area contributed by atoms with Gasteiger partial charge in [0, 0.05) is 18.7 Å². The lowest BCUT2D eigenvalue weighted by Gasteiger charge is -2.22. The van der Waals surface area contributed by atoms with Crippen LogP contribution in [0.5, 0.6) is 0 Å². The van der Waals surface area contributed by atoms with E-state index in [9.17, 15) is 13.2 Å². The Labute approximate surface area is 118 Å². The van der Waals surface area contributed by atoms with Crippen molar-refractivity contribution < 1.29 is 17.9 Å². The predicted molar refractivity (Wildman–Crippen MR) is 74.0 cm³/mol. The normalized spacial score (nSPS) is 15.4. The molecular formula is C13H16N2O4S. The minimum absolute atomic E-state index is 0.186. The maximum absolute atomic E-state index is 12.0. The van der Waals surface area contributed by atoms with Crippen LogP contribution >= 0.6 is 0 Å². The van der Waals surface area contributed by atoms with Crippen LogP contribution in [0.15, 0.2) is 33.6 Å². The first-order chi connectivity index (χ1) is 9.49. The summed E-state index contributed by atoms with van der Waals surface area (Å²) in [6, 6.07) is 6.69. The highest BCUT2D eigenvalue weighted by molar-refractivity contribution is 7.90. The summed E-state index contributed by atoms with van der Waals surface area (Å²) < 4.78 is 32.4. The van der Waals surface area contributed by atoms with Gasteiger partial charge in [0.05, 0.1) is 13.5 Å². The van der Waals surface area contributed by atoms with Crippen molar-refractivity contribution >= 4 is 21.8 Å². The third kappa shape index (κ3) is 2.67. The zero-order valence-electron chi connectivity index (χ0n) is 11.4. The second-order valence-electron chi connectivity index (χ2n) is 4.29. The molecular weight excluding hydrogens is 280 g/mol. The highest BCUT2D eigenvalue weighted by Gasteiger charge is 2.31. The van der Waals surface area contributed by atoms with Crippen molar-refractivity contribution in [3.8, 4) is 0 Å². The van der Waals surface area contributed by atoms with Gasteiger partial charge in [-0.1, -0.05) is 12.1 Å². The summed E-state index contributed by atoms with van der Waals surface area (Å²) in [5.41, 5.74) is 0.583. The molecule has 1 aliphatic heterocycles. The summed E-state index contributed by atoms with van der Waals surface area (Å²) in [7, 11) is -2.30. The van der Waals surface area contributed by atoms with Crippen molar-refractivity contribution in [2.24, 2.45) is 4.40 Å². The van der Waals surface area contributed by atoms with E-state index in [1.807, 2.05) is 6.92 Å². The monoisotopic (exact) mass is 296 g/mol. The van der Waals surface area contributed by atoms with Gasteiger partial charge < -0.3 is 9.64 Å². The molecule has 0 bridgehead atoms. The molecule has 1 aliphatic rings. The van der Waals surface area contributed by atoms with Crippen LogP contribution < -0.4 is 0 Å². The number of hydrogen-bond donors (Lipinski definition) is 0. The van der Waals surface area contributed by atoms with E-state index in [1.54, 1.807) is 23.1 Å². The van der Waals surface area contributed by atoms with Crippen LogP contribution in [0.1, 0.15) is 18.9 Å². The zero-order valence-corrected chi connectivity index (χ0v) is 12.2. The minimum atomic E-state index is -3.62. The van der Waals surface area contributed by atoms with Crippen LogP contribution in [0.2, 0.25) is 0 Å². The molecule has 20 heavy (non-hydrogen) atoms. The molecule has 0 atom stereocenters. The maximum atomic E-state index is 12.0. The number of methoxy groups -OCH3 is 1. The molecule has 0 spiro atoms. The van der Waals surface area contributed by atoms with E-state index in [0.717, 1.165) is 0 Å². The van der Waals surface area contributed by atoms with Crippen LogP contribution in [-0.4, -0.2) is 45.3 Å². The van der Waals surface area contributed by atoms with Crippen LogP contribution in [0.25, 0.3) is 0 Å².